The predicted molar refractivity (Wildman–Crippen MR) is 91.6 cm³/mol. The third kappa shape index (κ3) is 5.62. The summed E-state index contributed by atoms with van der Waals surface area (Å²) in [5.41, 5.74) is 8.30. The Morgan fingerprint density at radius 1 is 1.54 bits per heavy atom. The molecule has 0 unspecified atom stereocenters. The van der Waals surface area contributed by atoms with Crippen LogP contribution in [0.1, 0.15) is 26.3 Å². The molecule has 0 spiro atoms. The molecule has 1 amide bonds. The highest BCUT2D eigenvalue weighted by Gasteiger charge is 2.37. The van der Waals surface area contributed by atoms with Crippen molar-refractivity contribution >= 4 is 6.09 Å². The fourth-order valence-electron chi connectivity index (χ4n) is 2.33. The molecule has 1 aliphatic rings. The van der Waals surface area contributed by atoms with Gasteiger partial charge in [-0.3, -0.25) is 4.98 Å². The Hall–Kier alpha value is -2.82. The van der Waals surface area contributed by atoms with E-state index in [-0.39, 0.29) is 25.3 Å². The second-order valence-corrected chi connectivity index (χ2v) is 6.66. The van der Waals surface area contributed by atoms with Gasteiger partial charge in [-0.25, -0.2) is 9.18 Å². The summed E-state index contributed by atoms with van der Waals surface area (Å²) >= 11 is 0. The Morgan fingerprint density at radius 2 is 2.31 bits per heavy atom. The van der Waals surface area contributed by atoms with Crippen molar-refractivity contribution in [3.8, 4) is 11.8 Å². The molecular formula is C17H20FN5O3. The number of amides is 1. The van der Waals surface area contributed by atoms with Gasteiger partial charge in [0.05, 0.1) is 30.5 Å². The van der Waals surface area contributed by atoms with E-state index >= 15 is 0 Å². The van der Waals surface area contributed by atoms with Gasteiger partial charge in [-0.15, -0.1) is 0 Å². The van der Waals surface area contributed by atoms with Crippen LogP contribution in [0.15, 0.2) is 23.6 Å². The zero-order valence-corrected chi connectivity index (χ0v) is 14.8. The molecule has 8 nitrogen and oxygen atoms in total. The summed E-state index contributed by atoms with van der Waals surface area (Å²) in [6.07, 6.45) is 1.53. The number of likely N-dealkylation sites (tertiary alicyclic amines) is 1. The van der Waals surface area contributed by atoms with Crippen molar-refractivity contribution in [1.29, 1.82) is 0 Å². The van der Waals surface area contributed by atoms with Crippen molar-refractivity contribution in [2.24, 2.45) is 5.11 Å². The summed E-state index contributed by atoms with van der Waals surface area (Å²) in [6.45, 7) is 5.75. The number of hydrogen-bond donors (Lipinski definition) is 0. The number of nitrogens with zero attached hydrogens (tertiary/aromatic N) is 5. The summed E-state index contributed by atoms with van der Waals surface area (Å²) in [7, 11) is 0. The van der Waals surface area contributed by atoms with Gasteiger partial charge in [0.25, 0.3) is 0 Å². The summed E-state index contributed by atoms with van der Waals surface area (Å²) < 4.78 is 24.4. The number of hydrogen-bond acceptors (Lipinski definition) is 5. The zero-order chi connectivity index (χ0) is 19.2. The molecule has 0 saturated carbocycles. The highest BCUT2D eigenvalue weighted by atomic mass is 19.1. The van der Waals surface area contributed by atoms with E-state index in [4.69, 9.17) is 15.0 Å². The van der Waals surface area contributed by atoms with Crippen LogP contribution < -0.4 is 0 Å². The van der Waals surface area contributed by atoms with Crippen LogP contribution in [0.2, 0.25) is 0 Å². The average Bonchev–Trinajstić information content (AvgIpc) is 2.95. The lowest BCUT2D eigenvalue weighted by Gasteiger charge is -2.24. The molecule has 0 N–H and O–H groups in total. The van der Waals surface area contributed by atoms with Crippen molar-refractivity contribution < 1.29 is 18.7 Å². The summed E-state index contributed by atoms with van der Waals surface area (Å²) in [5.74, 6) is 4.84. The van der Waals surface area contributed by atoms with E-state index in [1.54, 1.807) is 20.8 Å². The van der Waals surface area contributed by atoms with E-state index < -0.39 is 29.7 Å². The number of ether oxygens (including phenoxy) is 2. The minimum atomic E-state index is -0.621. The molecule has 1 aliphatic heterocycles. The molecule has 1 aromatic heterocycles. The van der Waals surface area contributed by atoms with Gasteiger partial charge in [0, 0.05) is 17.7 Å². The first-order chi connectivity index (χ1) is 12.3. The number of carbonyl (C=O) groups excluding carboxylic acids is 1. The Kier molecular flexibility index (Phi) is 6.39. The summed E-state index contributed by atoms with van der Waals surface area (Å²) in [4.78, 5) is 20.0. The van der Waals surface area contributed by atoms with Crippen molar-refractivity contribution in [2.45, 2.75) is 38.5 Å². The molecule has 1 fully saturated rings. The molecule has 9 heteroatoms. The van der Waals surface area contributed by atoms with Crippen LogP contribution >= 0.6 is 0 Å². The number of aromatic nitrogens is 1. The van der Waals surface area contributed by atoms with Gasteiger partial charge in [-0.05, 0) is 32.4 Å². The van der Waals surface area contributed by atoms with Gasteiger partial charge in [-0.1, -0.05) is 17.0 Å². The molecule has 2 heterocycles. The maximum Gasteiger partial charge on any atom is 0.410 e. The minimum absolute atomic E-state index is 0.00599. The first-order valence-electron chi connectivity index (χ1n) is 8.02. The molecular weight excluding hydrogens is 341 g/mol. The van der Waals surface area contributed by atoms with Gasteiger partial charge in [0.15, 0.2) is 5.82 Å². The Bertz CT molecular complexity index is 762. The summed E-state index contributed by atoms with van der Waals surface area (Å²) in [6, 6.07) is 0.928. The Balaban J connectivity index is 1.96. The normalized spacial score (nSPS) is 19.3. The lowest BCUT2D eigenvalue weighted by Crippen LogP contribution is -2.36. The van der Waals surface area contributed by atoms with Crippen molar-refractivity contribution in [3.05, 3.63) is 40.3 Å². The van der Waals surface area contributed by atoms with Crippen molar-refractivity contribution in [2.75, 3.05) is 19.7 Å². The topological polar surface area (TPSA) is 100 Å². The van der Waals surface area contributed by atoms with E-state index in [1.807, 2.05) is 0 Å². The number of azide groups is 1. The highest BCUT2D eigenvalue weighted by molar-refractivity contribution is 5.68. The Labute approximate surface area is 150 Å². The third-order valence-electron chi connectivity index (χ3n) is 3.45. The standard InChI is InChI=1S/C17H20FN5O3/c1-17(2,3)26-16(24)23-10-14(21-22-19)15(11-23)25-8-4-5-12-6-7-20-9-13(12)18/h6-7,9,14-15H,8,10-11H2,1-3H3/t14-,15-/m0/s1. The first-order valence-corrected chi connectivity index (χ1v) is 8.02. The molecule has 0 bridgehead atoms. The molecule has 26 heavy (non-hydrogen) atoms. The van der Waals surface area contributed by atoms with Crippen LogP contribution in [0.25, 0.3) is 10.4 Å². The van der Waals surface area contributed by atoms with E-state index in [0.717, 1.165) is 6.20 Å². The van der Waals surface area contributed by atoms with Crippen molar-refractivity contribution in [3.63, 3.8) is 0 Å². The molecule has 138 valence electrons. The van der Waals surface area contributed by atoms with Crippen LogP contribution in [0.4, 0.5) is 9.18 Å². The molecule has 1 aromatic rings. The second kappa shape index (κ2) is 8.52. The van der Waals surface area contributed by atoms with Crippen LogP contribution in [0.5, 0.6) is 0 Å². The molecule has 0 aliphatic carbocycles. The van der Waals surface area contributed by atoms with Crippen LogP contribution in [-0.4, -0.2) is 53.4 Å². The number of carbonyl (C=O) groups is 1. The lowest BCUT2D eigenvalue weighted by molar-refractivity contribution is 0.0236. The Morgan fingerprint density at radius 3 is 2.96 bits per heavy atom. The molecule has 2 atom stereocenters. The quantitative estimate of drug-likeness (QED) is 0.357. The van der Waals surface area contributed by atoms with Gasteiger partial charge >= 0.3 is 6.09 Å². The third-order valence-corrected chi connectivity index (χ3v) is 3.45. The van der Waals surface area contributed by atoms with Gasteiger partial charge < -0.3 is 14.4 Å². The van der Waals surface area contributed by atoms with E-state index in [9.17, 15) is 9.18 Å². The smallest absolute Gasteiger partial charge is 0.410 e. The highest BCUT2D eigenvalue weighted by Crippen LogP contribution is 2.20. The maximum absolute atomic E-state index is 13.4. The van der Waals surface area contributed by atoms with Crippen LogP contribution in [-0.2, 0) is 9.47 Å². The molecule has 2 rings (SSSR count). The van der Waals surface area contributed by atoms with Crippen molar-refractivity contribution in [1.82, 2.24) is 9.88 Å². The first kappa shape index (κ1) is 19.5. The zero-order valence-electron chi connectivity index (χ0n) is 14.8. The second-order valence-electron chi connectivity index (χ2n) is 6.66. The van der Waals surface area contributed by atoms with Crippen LogP contribution in [0.3, 0.4) is 0 Å². The van der Waals surface area contributed by atoms with E-state index in [1.165, 1.54) is 17.2 Å². The monoisotopic (exact) mass is 361 g/mol. The van der Waals surface area contributed by atoms with E-state index in [2.05, 4.69) is 26.9 Å². The average molecular weight is 361 g/mol. The maximum atomic E-state index is 13.4. The molecule has 0 radical (unpaired) electrons. The van der Waals surface area contributed by atoms with Gasteiger partial charge in [0.1, 0.15) is 12.2 Å². The minimum Gasteiger partial charge on any atom is -0.444 e. The molecule has 1 saturated heterocycles. The number of rotatable bonds is 3. The number of halogens is 1. The van der Waals surface area contributed by atoms with Gasteiger partial charge in [-0.2, -0.15) is 0 Å². The van der Waals surface area contributed by atoms with Crippen LogP contribution in [0, 0.1) is 17.7 Å². The fraction of sp³-hybridized carbons (Fsp3) is 0.529. The van der Waals surface area contributed by atoms with Gasteiger partial charge in [0.2, 0.25) is 0 Å². The SMILES string of the molecule is CC(C)(C)OC(=O)N1C[C@H](N=[N+]=[N-])[C@@H](OCC#Cc2ccncc2F)C1. The molecule has 0 aromatic carbocycles. The largest absolute Gasteiger partial charge is 0.444 e. The number of pyridine rings is 1. The summed E-state index contributed by atoms with van der Waals surface area (Å²) in [5, 5.41) is 3.67. The lowest BCUT2D eigenvalue weighted by atomic mass is 10.2. The fourth-order valence-corrected chi connectivity index (χ4v) is 2.33. The predicted octanol–water partition coefficient (Wildman–Crippen LogP) is 2.89. The van der Waals surface area contributed by atoms with E-state index in [0.29, 0.717) is 0 Å².